The van der Waals surface area contributed by atoms with Crippen LogP contribution in [0.3, 0.4) is 0 Å². The largest absolute Gasteiger partial charge is 0.477 e. The minimum atomic E-state index is -4.93. The van der Waals surface area contributed by atoms with Crippen LogP contribution in [0.25, 0.3) is 0 Å². The molecule has 3 aromatic rings. The van der Waals surface area contributed by atoms with E-state index in [0.717, 1.165) is 13.1 Å². The highest BCUT2D eigenvalue weighted by Crippen LogP contribution is 2.49. The normalized spacial score (nSPS) is 16.0. The maximum absolute atomic E-state index is 14.4. The molecule has 0 radical (unpaired) electrons. The van der Waals surface area contributed by atoms with Crippen LogP contribution in [0.4, 0.5) is 23.2 Å². The number of amides is 1. The number of halogens is 4. The molecule has 0 spiro atoms. The summed E-state index contributed by atoms with van der Waals surface area (Å²) >= 11 is 0. The van der Waals surface area contributed by atoms with Crippen molar-refractivity contribution in [2.45, 2.75) is 36.5 Å². The molecule has 2 aromatic heterocycles. The molecule has 1 unspecified atom stereocenters. The first-order chi connectivity index (χ1) is 17.2. The van der Waals surface area contributed by atoms with Crippen molar-refractivity contribution in [2.24, 2.45) is 0 Å². The van der Waals surface area contributed by atoms with Gasteiger partial charge in [0.05, 0.1) is 23.0 Å². The summed E-state index contributed by atoms with van der Waals surface area (Å²) in [6, 6.07) is 5.51. The van der Waals surface area contributed by atoms with Crippen molar-refractivity contribution in [1.82, 2.24) is 20.2 Å². The lowest BCUT2D eigenvalue weighted by atomic mass is 10.1. The summed E-state index contributed by atoms with van der Waals surface area (Å²) in [5.41, 5.74) is -4.18. The van der Waals surface area contributed by atoms with Gasteiger partial charge in [-0.05, 0) is 43.5 Å². The highest BCUT2D eigenvalue weighted by Gasteiger charge is 2.47. The minimum Gasteiger partial charge on any atom is -0.477 e. The maximum Gasteiger partial charge on any atom is 0.435 e. The standard InChI is InChI=1S/C22H20F4N6O4S/c1-11-15(17(33)29-12-5-4-6-13(9-12)37(3,27)34)18(32-31-16(11)22(24,25)26)36-19-20(35-2)30-14(10-28-19)21(23)7-8-21/h4-6,9-10,27H,7-8H2,1-3H3,(H,29,33). The van der Waals surface area contributed by atoms with E-state index >= 15 is 0 Å². The van der Waals surface area contributed by atoms with Gasteiger partial charge in [0.1, 0.15) is 11.3 Å². The number of anilines is 1. The summed E-state index contributed by atoms with van der Waals surface area (Å²) < 4.78 is 85.4. The summed E-state index contributed by atoms with van der Waals surface area (Å²) in [6.45, 7) is 1.02. The summed E-state index contributed by atoms with van der Waals surface area (Å²) in [6.07, 6.45) is -2.13. The molecule has 0 bridgehead atoms. The Labute approximate surface area is 208 Å². The van der Waals surface area contributed by atoms with E-state index in [4.69, 9.17) is 14.3 Å². The lowest BCUT2D eigenvalue weighted by Crippen LogP contribution is -2.21. The van der Waals surface area contributed by atoms with Crippen LogP contribution >= 0.6 is 0 Å². The van der Waals surface area contributed by atoms with Crippen molar-refractivity contribution in [1.29, 1.82) is 4.78 Å². The molecule has 1 saturated carbocycles. The highest BCUT2D eigenvalue weighted by molar-refractivity contribution is 7.91. The Morgan fingerprint density at radius 3 is 2.49 bits per heavy atom. The second kappa shape index (κ2) is 9.21. The fourth-order valence-electron chi connectivity index (χ4n) is 3.35. The SMILES string of the molecule is COc1nc(C2(F)CC2)cnc1Oc1nnc(C(F)(F)F)c(C)c1C(=O)Nc1cccc(S(C)(=N)=O)c1. The zero-order chi connectivity index (χ0) is 27.2. The lowest BCUT2D eigenvalue weighted by Gasteiger charge is -2.16. The smallest absolute Gasteiger partial charge is 0.435 e. The summed E-state index contributed by atoms with van der Waals surface area (Å²) in [5, 5.41) is 9.03. The van der Waals surface area contributed by atoms with Crippen LogP contribution in [0.2, 0.25) is 0 Å². The van der Waals surface area contributed by atoms with Gasteiger partial charge in [-0.25, -0.2) is 23.3 Å². The molecule has 4 rings (SSSR count). The van der Waals surface area contributed by atoms with Gasteiger partial charge in [-0.3, -0.25) is 4.79 Å². The van der Waals surface area contributed by atoms with Gasteiger partial charge in [0, 0.05) is 16.8 Å². The third-order valence-electron chi connectivity index (χ3n) is 5.47. The monoisotopic (exact) mass is 540 g/mol. The molecule has 1 atom stereocenters. The zero-order valence-corrected chi connectivity index (χ0v) is 20.5. The Kier molecular flexibility index (Phi) is 6.52. The van der Waals surface area contributed by atoms with Crippen molar-refractivity contribution in [3.05, 3.63) is 53.0 Å². The van der Waals surface area contributed by atoms with E-state index in [2.05, 4.69) is 25.5 Å². The first kappa shape index (κ1) is 26.2. The molecule has 10 nitrogen and oxygen atoms in total. The van der Waals surface area contributed by atoms with Crippen LogP contribution in [0, 0.1) is 11.7 Å². The van der Waals surface area contributed by atoms with E-state index in [1.807, 2.05) is 0 Å². The molecule has 37 heavy (non-hydrogen) atoms. The van der Waals surface area contributed by atoms with Crippen molar-refractivity contribution in [2.75, 3.05) is 18.7 Å². The van der Waals surface area contributed by atoms with E-state index in [-0.39, 0.29) is 40.9 Å². The number of benzene rings is 1. The molecule has 196 valence electrons. The number of aromatic nitrogens is 4. The molecule has 1 aromatic carbocycles. The van der Waals surface area contributed by atoms with Crippen LogP contribution in [0.5, 0.6) is 17.6 Å². The quantitative estimate of drug-likeness (QED) is 0.413. The molecule has 1 amide bonds. The first-order valence-corrected chi connectivity index (χ1v) is 12.6. The summed E-state index contributed by atoms with van der Waals surface area (Å²) in [7, 11) is -1.92. The van der Waals surface area contributed by atoms with Crippen LogP contribution in [-0.2, 0) is 21.6 Å². The third kappa shape index (κ3) is 5.45. The molecule has 1 fully saturated rings. The van der Waals surface area contributed by atoms with Crippen molar-refractivity contribution < 1.29 is 36.0 Å². The minimum absolute atomic E-state index is 0.00568. The molecule has 0 aliphatic heterocycles. The molecule has 2 N–H and O–H groups in total. The number of ether oxygens (including phenoxy) is 2. The van der Waals surface area contributed by atoms with Crippen LogP contribution in [0.1, 0.15) is 40.2 Å². The fraction of sp³-hybridized carbons (Fsp3) is 0.318. The van der Waals surface area contributed by atoms with E-state index in [0.29, 0.717) is 0 Å². The average molecular weight is 540 g/mol. The zero-order valence-electron chi connectivity index (χ0n) is 19.6. The Bertz CT molecular complexity index is 1490. The van der Waals surface area contributed by atoms with E-state index < -0.39 is 50.2 Å². The second-order valence-electron chi connectivity index (χ2n) is 8.31. The molecule has 0 saturated heterocycles. The first-order valence-electron chi connectivity index (χ1n) is 10.6. The molecular formula is C22H20F4N6O4S. The number of rotatable bonds is 7. The maximum atomic E-state index is 14.4. The number of nitrogens with one attached hydrogen (secondary N) is 2. The van der Waals surface area contributed by atoms with Gasteiger partial charge in [0.25, 0.3) is 23.5 Å². The van der Waals surface area contributed by atoms with E-state index in [9.17, 15) is 26.6 Å². The highest BCUT2D eigenvalue weighted by atomic mass is 32.2. The Hall–Kier alpha value is -3.88. The predicted molar refractivity (Wildman–Crippen MR) is 122 cm³/mol. The van der Waals surface area contributed by atoms with Crippen LogP contribution in [0.15, 0.2) is 35.4 Å². The molecule has 2 heterocycles. The Morgan fingerprint density at radius 2 is 1.89 bits per heavy atom. The number of carbonyl (C=O) groups is 1. The summed E-state index contributed by atoms with van der Waals surface area (Å²) in [5.74, 6) is -2.34. The van der Waals surface area contributed by atoms with Gasteiger partial charge in [-0.1, -0.05) is 6.07 Å². The van der Waals surface area contributed by atoms with Crippen molar-refractivity contribution in [3.63, 3.8) is 0 Å². The van der Waals surface area contributed by atoms with Gasteiger partial charge in [-0.2, -0.15) is 13.2 Å². The van der Waals surface area contributed by atoms with Gasteiger partial charge in [-0.15, -0.1) is 10.2 Å². The van der Waals surface area contributed by atoms with Crippen LogP contribution in [-0.4, -0.2) is 43.6 Å². The summed E-state index contributed by atoms with van der Waals surface area (Å²) in [4.78, 5) is 21.2. The number of methoxy groups -OCH3 is 1. The van der Waals surface area contributed by atoms with Gasteiger partial charge in [0.15, 0.2) is 11.4 Å². The lowest BCUT2D eigenvalue weighted by molar-refractivity contribution is -0.142. The average Bonchev–Trinajstić information content (AvgIpc) is 3.56. The number of hydrogen-bond acceptors (Lipinski definition) is 9. The Balaban J connectivity index is 1.75. The molecule has 1 aliphatic rings. The topological polar surface area (TPSA) is 140 Å². The van der Waals surface area contributed by atoms with Crippen molar-refractivity contribution >= 4 is 21.3 Å². The fourth-order valence-corrected chi connectivity index (χ4v) is 4.04. The second-order valence-corrected chi connectivity index (χ2v) is 10.5. The van der Waals surface area contributed by atoms with Crippen molar-refractivity contribution in [3.8, 4) is 17.6 Å². The third-order valence-corrected chi connectivity index (χ3v) is 6.62. The molecule has 15 heteroatoms. The Morgan fingerprint density at radius 1 is 1.19 bits per heavy atom. The number of hydrogen-bond donors (Lipinski definition) is 2. The van der Waals surface area contributed by atoms with Gasteiger partial charge in [0.2, 0.25) is 0 Å². The number of alkyl halides is 4. The van der Waals surface area contributed by atoms with E-state index in [1.165, 1.54) is 37.6 Å². The predicted octanol–water partition coefficient (Wildman–Crippen LogP) is 4.64. The molecular weight excluding hydrogens is 520 g/mol. The van der Waals surface area contributed by atoms with E-state index in [1.54, 1.807) is 0 Å². The van der Waals surface area contributed by atoms with Crippen LogP contribution < -0.4 is 14.8 Å². The number of nitrogens with zero attached hydrogens (tertiary/aromatic N) is 4. The molecule has 1 aliphatic carbocycles. The number of carbonyl (C=O) groups excluding carboxylic acids is 1. The van der Waals surface area contributed by atoms with Gasteiger partial charge >= 0.3 is 6.18 Å². The van der Waals surface area contributed by atoms with Gasteiger partial charge < -0.3 is 14.8 Å².